The Morgan fingerprint density at radius 3 is 2.26 bits per heavy atom. The third kappa shape index (κ3) is 5.56. The summed E-state index contributed by atoms with van der Waals surface area (Å²) in [5, 5.41) is 8.94. The van der Waals surface area contributed by atoms with Crippen molar-refractivity contribution in [3.8, 4) is 5.75 Å². The number of halogens is 4. The normalized spacial score (nSPS) is 14.9. The van der Waals surface area contributed by atoms with Gasteiger partial charge in [-0.3, -0.25) is 0 Å². The molecule has 2 rings (SSSR count). The summed E-state index contributed by atoms with van der Waals surface area (Å²) in [5.41, 5.74) is 0. The number of alkyl halides is 3. The van der Waals surface area contributed by atoms with Crippen LogP contribution in [-0.4, -0.2) is 35.4 Å². The first-order chi connectivity index (χ1) is 8.79. The average Bonchev–Trinajstić information content (AvgIpc) is 2.23. The molecule has 4 nitrogen and oxygen atoms in total. The topological polar surface area (TPSA) is 49.8 Å². The molecule has 0 spiro atoms. The summed E-state index contributed by atoms with van der Waals surface area (Å²) in [6.45, 7) is 1.88. The van der Waals surface area contributed by atoms with Crippen LogP contribution in [0.4, 0.5) is 17.6 Å². The van der Waals surface area contributed by atoms with Gasteiger partial charge in [0, 0.05) is 19.2 Å². The molecular formula is C11H11F4NO3. The molecule has 0 saturated carbocycles. The maximum absolute atomic E-state index is 12.6. The molecule has 1 saturated heterocycles. The maximum atomic E-state index is 12.6. The number of carbonyl (C=O) groups is 1. The Morgan fingerprint density at radius 2 is 1.89 bits per heavy atom. The zero-order valence-corrected chi connectivity index (χ0v) is 9.65. The highest BCUT2D eigenvalue weighted by atomic mass is 19.4. The fraction of sp³-hybridized carbons (Fsp3) is 0.364. The fourth-order valence-electron chi connectivity index (χ4n) is 1.05. The summed E-state index contributed by atoms with van der Waals surface area (Å²) in [7, 11) is 0. The lowest BCUT2D eigenvalue weighted by molar-refractivity contribution is -0.192. The van der Waals surface area contributed by atoms with Crippen LogP contribution < -0.4 is 4.84 Å². The van der Waals surface area contributed by atoms with E-state index in [1.165, 1.54) is 12.1 Å². The number of rotatable bonds is 2. The highest BCUT2D eigenvalue weighted by Gasteiger charge is 2.38. The number of carboxylic acids is 1. The third-order valence-electron chi connectivity index (χ3n) is 2.09. The first kappa shape index (κ1) is 15.2. The molecule has 0 amide bonds. The molecule has 19 heavy (non-hydrogen) atoms. The number of hydrogen-bond acceptors (Lipinski definition) is 3. The molecule has 0 bridgehead atoms. The summed E-state index contributed by atoms with van der Waals surface area (Å²) >= 11 is 0. The van der Waals surface area contributed by atoms with E-state index in [0.717, 1.165) is 19.5 Å². The summed E-state index contributed by atoms with van der Waals surface area (Å²) in [6, 6.07) is 6.19. The smallest absolute Gasteiger partial charge is 0.475 e. The van der Waals surface area contributed by atoms with Gasteiger partial charge in [-0.15, -0.1) is 5.06 Å². The Morgan fingerprint density at radius 1 is 1.32 bits per heavy atom. The average molecular weight is 281 g/mol. The second-order valence-corrected chi connectivity index (χ2v) is 3.63. The molecule has 1 aromatic carbocycles. The molecule has 0 radical (unpaired) electrons. The van der Waals surface area contributed by atoms with E-state index in [9.17, 15) is 17.6 Å². The third-order valence-corrected chi connectivity index (χ3v) is 2.09. The lowest BCUT2D eigenvalue weighted by atomic mass is 10.3. The van der Waals surface area contributed by atoms with Crippen molar-refractivity contribution in [1.82, 2.24) is 5.06 Å². The minimum absolute atomic E-state index is 0.256. The van der Waals surface area contributed by atoms with Crippen molar-refractivity contribution in [3.05, 3.63) is 30.1 Å². The highest BCUT2D eigenvalue weighted by molar-refractivity contribution is 5.73. The number of nitrogens with zero attached hydrogens (tertiary/aromatic N) is 1. The van der Waals surface area contributed by atoms with E-state index in [2.05, 4.69) is 0 Å². The lowest BCUT2D eigenvalue weighted by Crippen LogP contribution is -2.39. The predicted molar refractivity (Wildman–Crippen MR) is 56.9 cm³/mol. The fourth-order valence-corrected chi connectivity index (χ4v) is 1.05. The van der Waals surface area contributed by atoms with Gasteiger partial charge in [0.2, 0.25) is 0 Å². The van der Waals surface area contributed by atoms with Crippen molar-refractivity contribution in [2.75, 3.05) is 13.1 Å². The molecule has 8 heteroatoms. The molecule has 0 aliphatic carbocycles. The van der Waals surface area contributed by atoms with Gasteiger partial charge in [0.15, 0.2) is 0 Å². The molecule has 0 aromatic heterocycles. The van der Waals surface area contributed by atoms with Crippen molar-refractivity contribution in [2.24, 2.45) is 0 Å². The Bertz CT molecular complexity index is 432. The maximum Gasteiger partial charge on any atom is 0.490 e. The lowest BCUT2D eigenvalue weighted by Gasteiger charge is -2.29. The number of benzene rings is 1. The molecule has 1 heterocycles. The van der Waals surface area contributed by atoms with Crippen LogP contribution in [0, 0.1) is 5.82 Å². The van der Waals surface area contributed by atoms with Crippen molar-refractivity contribution in [1.29, 1.82) is 0 Å². The molecule has 1 aromatic rings. The van der Waals surface area contributed by atoms with Crippen LogP contribution in [0.2, 0.25) is 0 Å². The minimum Gasteiger partial charge on any atom is -0.475 e. The van der Waals surface area contributed by atoms with Crippen LogP contribution in [0.25, 0.3) is 0 Å². The second-order valence-electron chi connectivity index (χ2n) is 3.63. The van der Waals surface area contributed by atoms with Crippen molar-refractivity contribution >= 4 is 5.97 Å². The highest BCUT2D eigenvalue weighted by Crippen LogP contribution is 2.16. The van der Waals surface area contributed by atoms with Gasteiger partial charge in [-0.05, 0) is 18.6 Å². The van der Waals surface area contributed by atoms with Gasteiger partial charge in [0.25, 0.3) is 0 Å². The van der Waals surface area contributed by atoms with Gasteiger partial charge >= 0.3 is 12.1 Å². The molecule has 1 N–H and O–H groups in total. The van der Waals surface area contributed by atoms with Crippen LogP contribution >= 0.6 is 0 Å². The molecule has 106 valence electrons. The van der Waals surface area contributed by atoms with Crippen molar-refractivity contribution < 1.29 is 32.3 Å². The minimum atomic E-state index is -5.08. The molecule has 0 atom stereocenters. The van der Waals surface area contributed by atoms with Gasteiger partial charge < -0.3 is 9.94 Å². The molecule has 1 fully saturated rings. The Kier molecular flexibility index (Phi) is 5.11. The number of hydrogen-bond donors (Lipinski definition) is 1. The van der Waals surface area contributed by atoms with Gasteiger partial charge in [-0.1, -0.05) is 6.07 Å². The van der Waals surface area contributed by atoms with E-state index in [1.54, 1.807) is 12.1 Å². The number of hydroxylamine groups is 2. The van der Waals surface area contributed by atoms with Gasteiger partial charge in [-0.25, -0.2) is 9.18 Å². The van der Waals surface area contributed by atoms with Gasteiger partial charge in [0.1, 0.15) is 11.6 Å². The molecule has 1 aliphatic rings. The Hall–Kier alpha value is -1.83. The van der Waals surface area contributed by atoms with Crippen LogP contribution in [0.1, 0.15) is 6.42 Å². The predicted octanol–water partition coefficient (Wildman–Crippen LogP) is 2.46. The quantitative estimate of drug-likeness (QED) is 0.846. The Labute approximate surface area is 106 Å². The van der Waals surface area contributed by atoms with E-state index >= 15 is 0 Å². The first-order valence-corrected chi connectivity index (χ1v) is 5.27. The number of aliphatic carboxylic acids is 1. The van der Waals surface area contributed by atoms with Crippen LogP contribution in [0.15, 0.2) is 24.3 Å². The first-order valence-electron chi connectivity index (χ1n) is 5.27. The van der Waals surface area contributed by atoms with Crippen LogP contribution in [0.5, 0.6) is 5.75 Å². The second kappa shape index (κ2) is 6.37. The monoisotopic (exact) mass is 281 g/mol. The van der Waals surface area contributed by atoms with Gasteiger partial charge in [-0.2, -0.15) is 13.2 Å². The standard InChI is InChI=1S/C9H10FNO.C2HF3O2/c10-8-3-1-4-9(7-8)12-11-5-2-6-11;3-2(4,5)1(6)7/h1,3-4,7H,2,5-6H2;(H,6,7). The summed E-state index contributed by atoms with van der Waals surface area (Å²) < 4.78 is 44.4. The summed E-state index contributed by atoms with van der Waals surface area (Å²) in [6.07, 6.45) is -3.92. The largest absolute Gasteiger partial charge is 0.490 e. The zero-order valence-electron chi connectivity index (χ0n) is 9.65. The van der Waals surface area contributed by atoms with Gasteiger partial charge in [0.05, 0.1) is 0 Å². The van der Waals surface area contributed by atoms with E-state index in [0.29, 0.717) is 5.75 Å². The molecule has 0 unspecified atom stereocenters. The summed E-state index contributed by atoms with van der Waals surface area (Å²) in [4.78, 5) is 14.2. The van der Waals surface area contributed by atoms with E-state index in [-0.39, 0.29) is 5.82 Å². The van der Waals surface area contributed by atoms with E-state index in [1.807, 2.05) is 5.06 Å². The van der Waals surface area contributed by atoms with Crippen LogP contribution in [0.3, 0.4) is 0 Å². The molecule has 1 aliphatic heterocycles. The zero-order chi connectivity index (χ0) is 14.5. The van der Waals surface area contributed by atoms with E-state index < -0.39 is 12.1 Å². The Balaban J connectivity index is 0.000000224. The van der Waals surface area contributed by atoms with Crippen LogP contribution in [-0.2, 0) is 4.79 Å². The molecular weight excluding hydrogens is 270 g/mol. The number of carboxylic acid groups (broad SMARTS) is 1. The SMILES string of the molecule is Fc1cccc(ON2CCC2)c1.O=C(O)C(F)(F)F. The summed E-state index contributed by atoms with van der Waals surface area (Å²) in [5.74, 6) is -2.43. The van der Waals surface area contributed by atoms with Crippen molar-refractivity contribution in [2.45, 2.75) is 12.6 Å². The van der Waals surface area contributed by atoms with Crippen molar-refractivity contribution in [3.63, 3.8) is 0 Å². The van der Waals surface area contributed by atoms with E-state index in [4.69, 9.17) is 14.7 Å².